The highest BCUT2D eigenvalue weighted by Gasteiger charge is 1.98. The maximum atomic E-state index is 10.4. The third-order valence-electron chi connectivity index (χ3n) is 0.888. The van der Waals surface area contributed by atoms with Gasteiger partial charge in [-0.3, -0.25) is 9.59 Å². The Balaban J connectivity index is 3.20. The van der Waals surface area contributed by atoms with Crippen LogP contribution < -0.4 is 5.32 Å². The summed E-state index contributed by atoms with van der Waals surface area (Å²) in [5, 5.41) is 10.5. The van der Waals surface area contributed by atoms with Crippen LogP contribution in [0.2, 0.25) is 0 Å². The molecule has 0 saturated heterocycles. The molecule has 0 saturated carbocycles. The number of carboxylic acid groups (broad SMARTS) is 1. The summed E-state index contributed by atoms with van der Waals surface area (Å²) < 4.78 is 0. The number of carboxylic acids is 1. The van der Waals surface area contributed by atoms with Gasteiger partial charge in [-0.05, 0) is 6.92 Å². The van der Waals surface area contributed by atoms with E-state index in [0.717, 1.165) is 0 Å². The zero-order valence-electron chi connectivity index (χ0n) is 5.59. The monoisotopic (exact) mass is 144 g/mol. The zero-order valence-corrected chi connectivity index (χ0v) is 5.59. The van der Waals surface area contributed by atoms with E-state index >= 15 is 0 Å². The van der Waals surface area contributed by atoms with E-state index in [1.54, 1.807) is 0 Å². The Kier molecular flexibility index (Phi) is 4.28. The van der Waals surface area contributed by atoms with Gasteiger partial charge >= 0.3 is 5.97 Å². The van der Waals surface area contributed by atoms with Gasteiger partial charge < -0.3 is 10.4 Å². The van der Waals surface area contributed by atoms with Crippen LogP contribution in [0.15, 0.2) is 0 Å². The Hall–Kier alpha value is -1.06. The predicted molar refractivity (Wildman–Crippen MR) is 35.2 cm³/mol. The molecule has 0 aliphatic carbocycles. The molecule has 1 radical (unpaired) electrons. The molecule has 4 heteroatoms. The highest BCUT2D eigenvalue weighted by Crippen LogP contribution is 1.77. The Labute approximate surface area is 59.2 Å². The lowest BCUT2D eigenvalue weighted by molar-refractivity contribution is -0.136. The standard InChI is InChI=1S/C6H10NO3/c1-2-5(8)7-4-3-6(9)10/h1-4H2,(H,7,8)(H,9,10). The molecule has 0 spiro atoms. The van der Waals surface area contributed by atoms with E-state index in [1.807, 2.05) is 0 Å². The lowest BCUT2D eigenvalue weighted by atomic mass is 10.4. The zero-order chi connectivity index (χ0) is 7.98. The number of carbonyl (C=O) groups is 2. The predicted octanol–water partition coefficient (Wildman–Crippen LogP) is -0.199. The fourth-order valence-electron chi connectivity index (χ4n) is 0.397. The highest BCUT2D eigenvalue weighted by molar-refractivity contribution is 5.77. The molecule has 0 aliphatic rings. The summed E-state index contributed by atoms with van der Waals surface area (Å²) in [4.78, 5) is 20.3. The fourth-order valence-corrected chi connectivity index (χ4v) is 0.397. The van der Waals surface area contributed by atoms with Crippen molar-refractivity contribution in [3.63, 3.8) is 0 Å². The quantitative estimate of drug-likeness (QED) is 0.574. The molecule has 2 N–H and O–H groups in total. The van der Waals surface area contributed by atoms with Gasteiger partial charge in [-0.2, -0.15) is 0 Å². The van der Waals surface area contributed by atoms with E-state index < -0.39 is 5.97 Å². The van der Waals surface area contributed by atoms with Crippen molar-refractivity contribution in [2.24, 2.45) is 0 Å². The molecule has 4 nitrogen and oxygen atoms in total. The van der Waals surface area contributed by atoms with Crippen LogP contribution in [-0.4, -0.2) is 23.5 Å². The van der Waals surface area contributed by atoms with E-state index in [0.29, 0.717) is 0 Å². The van der Waals surface area contributed by atoms with Crippen molar-refractivity contribution in [1.29, 1.82) is 0 Å². The van der Waals surface area contributed by atoms with Gasteiger partial charge in [-0.25, -0.2) is 0 Å². The lowest BCUT2D eigenvalue weighted by Gasteiger charge is -1.98. The minimum Gasteiger partial charge on any atom is -0.481 e. The first kappa shape index (κ1) is 8.94. The summed E-state index contributed by atoms with van der Waals surface area (Å²) in [6.45, 7) is 3.51. The van der Waals surface area contributed by atoms with Crippen LogP contribution in [0, 0.1) is 6.92 Å². The van der Waals surface area contributed by atoms with E-state index in [4.69, 9.17) is 5.11 Å². The second-order valence-corrected chi connectivity index (χ2v) is 1.74. The molecule has 10 heavy (non-hydrogen) atoms. The fraction of sp³-hybridized carbons (Fsp3) is 0.500. The highest BCUT2D eigenvalue weighted by atomic mass is 16.4. The maximum absolute atomic E-state index is 10.4. The second-order valence-electron chi connectivity index (χ2n) is 1.74. The van der Waals surface area contributed by atoms with E-state index in [2.05, 4.69) is 12.2 Å². The van der Waals surface area contributed by atoms with Crippen molar-refractivity contribution in [2.45, 2.75) is 12.8 Å². The van der Waals surface area contributed by atoms with Gasteiger partial charge in [-0.1, -0.05) is 0 Å². The van der Waals surface area contributed by atoms with Crippen LogP contribution in [0.25, 0.3) is 0 Å². The molecule has 1 amide bonds. The van der Waals surface area contributed by atoms with Crippen molar-refractivity contribution in [2.75, 3.05) is 6.54 Å². The van der Waals surface area contributed by atoms with Crippen molar-refractivity contribution in [1.82, 2.24) is 5.32 Å². The number of hydrogen-bond donors (Lipinski definition) is 2. The Morgan fingerprint density at radius 3 is 2.50 bits per heavy atom. The first-order valence-electron chi connectivity index (χ1n) is 2.94. The Bertz CT molecular complexity index is 133. The summed E-state index contributed by atoms with van der Waals surface area (Å²) in [6.07, 6.45) is 0.116. The maximum Gasteiger partial charge on any atom is 0.305 e. The molecule has 57 valence electrons. The summed E-state index contributed by atoms with van der Waals surface area (Å²) in [5.41, 5.74) is 0. The SMILES string of the molecule is [CH2]CC(=O)NCCC(=O)O. The summed E-state index contributed by atoms with van der Waals surface area (Å²) in [7, 11) is 0. The van der Waals surface area contributed by atoms with Crippen LogP contribution >= 0.6 is 0 Å². The Morgan fingerprint density at radius 2 is 2.10 bits per heavy atom. The van der Waals surface area contributed by atoms with Crippen molar-refractivity contribution < 1.29 is 14.7 Å². The molecular weight excluding hydrogens is 134 g/mol. The second kappa shape index (κ2) is 4.78. The van der Waals surface area contributed by atoms with Crippen LogP contribution in [0.1, 0.15) is 12.8 Å². The average molecular weight is 144 g/mol. The average Bonchev–Trinajstić information content (AvgIpc) is 1.87. The molecule has 0 bridgehead atoms. The molecule has 0 fully saturated rings. The first-order valence-corrected chi connectivity index (χ1v) is 2.94. The van der Waals surface area contributed by atoms with Gasteiger partial charge in [0.15, 0.2) is 0 Å². The third kappa shape index (κ3) is 5.08. The van der Waals surface area contributed by atoms with Crippen molar-refractivity contribution >= 4 is 11.9 Å². The summed E-state index contributed by atoms with van der Waals surface area (Å²) in [5.74, 6) is -1.13. The van der Waals surface area contributed by atoms with Gasteiger partial charge in [0.05, 0.1) is 6.42 Å². The summed E-state index contributed by atoms with van der Waals surface area (Å²) >= 11 is 0. The normalized spacial score (nSPS) is 8.90. The number of hydrogen-bond acceptors (Lipinski definition) is 2. The van der Waals surface area contributed by atoms with Gasteiger partial charge in [0.25, 0.3) is 0 Å². The van der Waals surface area contributed by atoms with Gasteiger partial charge in [0.2, 0.25) is 5.91 Å². The molecule has 0 aliphatic heterocycles. The van der Waals surface area contributed by atoms with Crippen LogP contribution in [-0.2, 0) is 9.59 Å². The van der Waals surface area contributed by atoms with E-state index in [1.165, 1.54) is 0 Å². The molecule has 0 atom stereocenters. The molecule has 0 rings (SSSR count). The largest absolute Gasteiger partial charge is 0.481 e. The van der Waals surface area contributed by atoms with Crippen LogP contribution in [0.5, 0.6) is 0 Å². The smallest absolute Gasteiger partial charge is 0.305 e. The molecular formula is C6H10NO3. The van der Waals surface area contributed by atoms with E-state index in [9.17, 15) is 9.59 Å². The Morgan fingerprint density at radius 1 is 1.50 bits per heavy atom. The van der Waals surface area contributed by atoms with Crippen molar-refractivity contribution in [3.05, 3.63) is 6.92 Å². The molecule has 0 unspecified atom stereocenters. The number of aliphatic carboxylic acids is 1. The van der Waals surface area contributed by atoms with Crippen molar-refractivity contribution in [3.8, 4) is 0 Å². The lowest BCUT2D eigenvalue weighted by Crippen LogP contribution is -2.24. The first-order chi connectivity index (χ1) is 4.66. The van der Waals surface area contributed by atoms with E-state index in [-0.39, 0.29) is 25.3 Å². The number of amides is 1. The molecule has 0 heterocycles. The third-order valence-corrected chi connectivity index (χ3v) is 0.888. The molecule has 0 aromatic carbocycles. The molecule has 0 aromatic heterocycles. The number of rotatable bonds is 4. The van der Waals surface area contributed by atoms with Crippen LogP contribution in [0.4, 0.5) is 0 Å². The van der Waals surface area contributed by atoms with Gasteiger partial charge in [0, 0.05) is 13.0 Å². The van der Waals surface area contributed by atoms with Gasteiger partial charge in [-0.15, -0.1) is 0 Å². The number of carbonyl (C=O) groups excluding carboxylic acids is 1. The topological polar surface area (TPSA) is 66.4 Å². The summed E-state index contributed by atoms with van der Waals surface area (Å²) in [6, 6.07) is 0. The minimum atomic E-state index is -0.913. The molecule has 0 aromatic rings. The minimum absolute atomic E-state index is 0.0360. The van der Waals surface area contributed by atoms with Gasteiger partial charge in [0.1, 0.15) is 0 Å². The number of nitrogens with one attached hydrogen (secondary N) is 1. The van der Waals surface area contributed by atoms with Crippen LogP contribution in [0.3, 0.4) is 0 Å².